The molecule has 3 amide bonds. The lowest BCUT2D eigenvalue weighted by Gasteiger charge is -2.42. The number of nitrogens with one attached hydrogen (secondary N) is 1. The van der Waals surface area contributed by atoms with E-state index >= 15 is 0 Å². The molecule has 33 heavy (non-hydrogen) atoms. The number of fused-ring (bicyclic) bond motifs is 1. The molecule has 11 nitrogen and oxygen atoms in total. The van der Waals surface area contributed by atoms with Crippen LogP contribution in [0, 0.1) is 0 Å². The molecular weight excluding hydrogens is 428 g/mol. The molecule has 0 radical (unpaired) electrons. The standard InChI is InChI=1S/C22H38N6O5/c1-8-32-22(5,6)17(23-20(31)33-21(2,3)4)19(30)25-9-11-27(12-10-25)28-15-26-14-24(7)13-16(26)18(28)29/h13,17H,8-12,14-15H2,1-7H3,(H,23,31). The van der Waals surface area contributed by atoms with E-state index in [-0.39, 0.29) is 11.8 Å². The lowest BCUT2D eigenvalue weighted by Crippen LogP contribution is -2.63. The van der Waals surface area contributed by atoms with Crippen molar-refractivity contribution in [2.24, 2.45) is 0 Å². The second kappa shape index (κ2) is 9.38. The summed E-state index contributed by atoms with van der Waals surface area (Å²) in [6, 6.07) is -0.904. The summed E-state index contributed by atoms with van der Waals surface area (Å²) in [6.07, 6.45) is 1.21. The van der Waals surface area contributed by atoms with Gasteiger partial charge >= 0.3 is 6.09 Å². The third kappa shape index (κ3) is 5.70. The molecule has 0 bridgehead atoms. The van der Waals surface area contributed by atoms with Crippen LogP contribution in [0.5, 0.6) is 0 Å². The Morgan fingerprint density at radius 3 is 2.27 bits per heavy atom. The third-order valence-electron chi connectivity index (χ3n) is 5.86. The van der Waals surface area contributed by atoms with E-state index in [4.69, 9.17) is 9.47 Å². The first-order chi connectivity index (χ1) is 15.3. The largest absolute Gasteiger partial charge is 0.444 e. The maximum Gasteiger partial charge on any atom is 0.408 e. The maximum absolute atomic E-state index is 13.5. The van der Waals surface area contributed by atoms with Crippen LogP contribution in [-0.4, -0.2) is 113 Å². The van der Waals surface area contributed by atoms with E-state index in [2.05, 4.69) is 5.32 Å². The van der Waals surface area contributed by atoms with Crippen molar-refractivity contribution in [2.45, 2.75) is 58.8 Å². The fourth-order valence-corrected chi connectivity index (χ4v) is 4.32. The first kappa shape index (κ1) is 25.1. The molecule has 3 heterocycles. The molecule has 11 heteroatoms. The maximum atomic E-state index is 13.5. The van der Waals surface area contributed by atoms with E-state index in [0.29, 0.717) is 51.8 Å². The Morgan fingerprint density at radius 2 is 1.73 bits per heavy atom. The summed E-state index contributed by atoms with van der Waals surface area (Å²) in [6.45, 7) is 14.3. The summed E-state index contributed by atoms with van der Waals surface area (Å²) in [5.41, 5.74) is -0.899. The van der Waals surface area contributed by atoms with Gasteiger partial charge in [0.25, 0.3) is 5.91 Å². The molecule has 3 aliphatic rings. The minimum Gasteiger partial charge on any atom is -0.444 e. The van der Waals surface area contributed by atoms with Crippen LogP contribution < -0.4 is 5.32 Å². The van der Waals surface area contributed by atoms with Crippen molar-refractivity contribution in [3.63, 3.8) is 0 Å². The van der Waals surface area contributed by atoms with Crippen LogP contribution in [-0.2, 0) is 19.1 Å². The number of hydrogen-bond acceptors (Lipinski definition) is 8. The van der Waals surface area contributed by atoms with Crippen molar-refractivity contribution in [1.82, 2.24) is 30.0 Å². The quantitative estimate of drug-likeness (QED) is 0.608. The van der Waals surface area contributed by atoms with E-state index < -0.39 is 23.3 Å². The molecule has 2 fully saturated rings. The monoisotopic (exact) mass is 466 g/mol. The number of amides is 3. The van der Waals surface area contributed by atoms with Gasteiger partial charge in [0.15, 0.2) is 0 Å². The van der Waals surface area contributed by atoms with Gasteiger partial charge in [-0.15, -0.1) is 0 Å². The van der Waals surface area contributed by atoms with E-state index in [1.807, 2.05) is 35.0 Å². The van der Waals surface area contributed by atoms with Gasteiger partial charge in [0.2, 0.25) is 5.91 Å². The van der Waals surface area contributed by atoms with E-state index in [1.165, 1.54) is 0 Å². The Balaban J connectivity index is 1.64. The third-order valence-corrected chi connectivity index (χ3v) is 5.86. The number of alkyl carbamates (subject to hydrolysis) is 1. The van der Waals surface area contributed by atoms with Crippen LogP contribution in [0.15, 0.2) is 11.9 Å². The number of ether oxygens (including phenoxy) is 2. The highest BCUT2D eigenvalue weighted by atomic mass is 16.6. The predicted octanol–water partition coefficient (Wildman–Crippen LogP) is 0.600. The second-order valence-corrected chi connectivity index (χ2v) is 10.2. The van der Waals surface area contributed by atoms with Crippen LogP contribution in [0.2, 0.25) is 0 Å². The fourth-order valence-electron chi connectivity index (χ4n) is 4.32. The van der Waals surface area contributed by atoms with Crippen molar-refractivity contribution >= 4 is 17.9 Å². The number of hydrogen-bond donors (Lipinski definition) is 1. The van der Waals surface area contributed by atoms with E-state index in [9.17, 15) is 14.4 Å². The van der Waals surface area contributed by atoms with Crippen LogP contribution in [0.3, 0.4) is 0 Å². The highest BCUT2D eigenvalue weighted by molar-refractivity contribution is 5.94. The fraction of sp³-hybridized carbons (Fsp3) is 0.773. The normalized spacial score (nSPS) is 20.7. The molecule has 0 saturated carbocycles. The van der Waals surface area contributed by atoms with Gasteiger partial charge in [0, 0.05) is 46.0 Å². The lowest BCUT2D eigenvalue weighted by molar-refractivity contribution is -0.153. The Bertz CT molecular complexity index is 800. The molecule has 1 unspecified atom stereocenters. The van der Waals surface area contributed by atoms with Crippen molar-refractivity contribution in [3.05, 3.63) is 11.9 Å². The molecule has 0 aliphatic carbocycles. The number of carbonyl (C=O) groups excluding carboxylic acids is 3. The van der Waals surface area contributed by atoms with Crippen molar-refractivity contribution in [3.8, 4) is 0 Å². The van der Waals surface area contributed by atoms with Crippen LogP contribution in [0.4, 0.5) is 4.79 Å². The molecule has 0 aromatic rings. The molecule has 0 aromatic heterocycles. The summed E-state index contributed by atoms with van der Waals surface area (Å²) >= 11 is 0. The molecule has 3 rings (SSSR count). The number of rotatable bonds is 6. The first-order valence-corrected chi connectivity index (χ1v) is 11.5. The zero-order valence-electron chi connectivity index (χ0n) is 20.9. The molecule has 3 aliphatic heterocycles. The molecule has 186 valence electrons. The molecule has 1 N–H and O–H groups in total. The van der Waals surface area contributed by atoms with Crippen molar-refractivity contribution < 1.29 is 23.9 Å². The first-order valence-electron chi connectivity index (χ1n) is 11.5. The van der Waals surface area contributed by atoms with Gasteiger partial charge < -0.3 is 29.5 Å². The number of piperazine rings is 1. The zero-order valence-corrected chi connectivity index (χ0v) is 20.9. The van der Waals surface area contributed by atoms with Crippen LogP contribution >= 0.6 is 0 Å². The Morgan fingerprint density at radius 1 is 1.09 bits per heavy atom. The van der Waals surface area contributed by atoms with E-state index in [1.54, 1.807) is 44.5 Å². The highest BCUT2D eigenvalue weighted by Crippen LogP contribution is 2.26. The molecule has 0 aromatic carbocycles. The van der Waals surface area contributed by atoms with Gasteiger partial charge in [-0.1, -0.05) is 0 Å². The number of nitrogens with zero attached hydrogens (tertiary/aromatic N) is 5. The van der Waals surface area contributed by atoms with Gasteiger partial charge in [-0.3, -0.25) is 9.59 Å². The van der Waals surface area contributed by atoms with Crippen LogP contribution in [0.1, 0.15) is 41.5 Å². The van der Waals surface area contributed by atoms with E-state index in [0.717, 1.165) is 0 Å². The average Bonchev–Trinajstić information content (AvgIpc) is 3.21. The van der Waals surface area contributed by atoms with Crippen molar-refractivity contribution in [1.29, 1.82) is 0 Å². The predicted molar refractivity (Wildman–Crippen MR) is 121 cm³/mol. The van der Waals surface area contributed by atoms with Gasteiger partial charge in [-0.25, -0.2) is 14.8 Å². The number of carbonyl (C=O) groups is 3. The zero-order chi connectivity index (χ0) is 24.6. The van der Waals surface area contributed by atoms with Gasteiger partial charge in [-0.2, -0.15) is 0 Å². The minimum absolute atomic E-state index is 0.0129. The second-order valence-electron chi connectivity index (χ2n) is 10.2. The van der Waals surface area contributed by atoms with Crippen molar-refractivity contribution in [2.75, 3.05) is 53.2 Å². The highest BCUT2D eigenvalue weighted by Gasteiger charge is 2.43. The number of hydrazine groups is 1. The summed E-state index contributed by atoms with van der Waals surface area (Å²) in [5, 5.41) is 6.47. The SMILES string of the molecule is CCOC(C)(C)C(NC(=O)OC(C)(C)C)C(=O)N1CCN(N2CN3CN(C)C=C3C2=O)CC1. The Labute approximate surface area is 196 Å². The summed E-state index contributed by atoms with van der Waals surface area (Å²) in [5.74, 6) is -0.238. The minimum atomic E-state index is -0.923. The molecule has 2 saturated heterocycles. The molecular formula is C22H38N6O5. The lowest BCUT2D eigenvalue weighted by atomic mass is 9.96. The summed E-state index contributed by atoms with van der Waals surface area (Å²) < 4.78 is 11.2. The molecule has 1 atom stereocenters. The van der Waals surface area contributed by atoms with Gasteiger partial charge in [0.05, 0.1) is 12.3 Å². The Kier molecular flexibility index (Phi) is 7.13. The molecule has 0 spiro atoms. The smallest absolute Gasteiger partial charge is 0.408 e. The van der Waals surface area contributed by atoms with Gasteiger partial charge in [-0.05, 0) is 41.5 Å². The topological polar surface area (TPSA) is 97.9 Å². The Hall–Kier alpha value is -2.53. The average molecular weight is 467 g/mol. The van der Waals surface area contributed by atoms with Crippen LogP contribution in [0.25, 0.3) is 0 Å². The summed E-state index contributed by atoms with van der Waals surface area (Å²) in [4.78, 5) is 44.4. The summed E-state index contributed by atoms with van der Waals surface area (Å²) in [7, 11) is 1.94. The van der Waals surface area contributed by atoms with Gasteiger partial charge in [0.1, 0.15) is 24.0 Å².